The van der Waals surface area contributed by atoms with Crippen LogP contribution in [0.15, 0.2) is 49.6 Å². The minimum absolute atomic E-state index is 0.0684. The summed E-state index contributed by atoms with van der Waals surface area (Å²) in [6.07, 6.45) is 5.64. The number of rotatable bonds is 14. The lowest BCUT2D eigenvalue weighted by molar-refractivity contribution is -0.152. The van der Waals surface area contributed by atoms with Gasteiger partial charge in [-0.15, -0.1) is 13.2 Å². The number of anilines is 1. The van der Waals surface area contributed by atoms with Crippen molar-refractivity contribution < 1.29 is 29.0 Å². The van der Waals surface area contributed by atoms with Crippen LogP contribution in [0.1, 0.15) is 53.4 Å². The molecule has 224 valence electrons. The Hall–Kier alpha value is -3.17. The quantitative estimate of drug-likeness (QED) is 0.345. The van der Waals surface area contributed by atoms with E-state index in [1.807, 2.05) is 38.1 Å². The minimum atomic E-state index is -1.13. The van der Waals surface area contributed by atoms with E-state index in [0.717, 1.165) is 12.8 Å². The van der Waals surface area contributed by atoms with Gasteiger partial charge in [0.25, 0.3) is 0 Å². The average molecular weight is 568 g/mol. The van der Waals surface area contributed by atoms with E-state index >= 15 is 0 Å². The molecule has 3 heterocycles. The van der Waals surface area contributed by atoms with Crippen LogP contribution in [-0.4, -0.2) is 88.8 Å². The molecule has 2 bridgehead atoms. The van der Waals surface area contributed by atoms with E-state index in [0.29, 0.717) is 37.4 Å². The number of amides is 3. The van der Waals surface area contributed by atoms with Crippen molar-refractivity contribution in [2.75, 3.05) is 31.2 Å². The first kappa shape index (κ1) is 30.8. The summed E-state index contributed by atoms with van der Waals surface area (Å²) in [5, 5.41) is 10.1. The highest BCUT2D eigenvalue weighted by Crippen LogP contribution is 2.59. The fraction of sp³-hybridized carbons (Fsp3) is 0.594. The molecule has 3 aliphatic rings. The number of likely N-dealkylation sites (tertiary alicyclic amines) is 1. The maximum atomic E-state index is 14.4. The van der Waals surface area contributed by atoms with Crippen molar-refractivity contribution in [3.8, 4) is 5.75 Å². The lowest BCUT2D eigenvalue weighted by atomic mass is 9.70. The average Bonchev–Trinajstić information content (AvgIpc) is 3.61. The van der Waals surface area contributed by atoms with Gasteiger partial charge in [-0.2, -0.15) is 0 Å². The smallest absolute Gasteiger partial charge is 0.248 e. The molecule has 1 spiro atoms. The first-order valence-electron chi connectivity index (χ1n) is 14.9. The van der Waals surface area contributed by atoms with E-state index in [9.17, 15) is 19.5 Å². The van der Waals surface area contributed by atoms with Crippen molar-refractivity contribution in [3.63, 3.8) is 0 Å². The van der Waals surface area contributed by atoms with Gasteiger partial charge in [-0.25, -0.2) is 0 Å². The highest BCUT2D eigenvalue weighted by atomic mass is 16.5. The van der Waals surface area contributed by atoms with E-state index < -0.39 is 35.6 Å². The molecule has 3 amide bonds. The molecule has 0 saturated carbocycles. The number of hydrogen-bond donors (Lipinski definition) is 1. The Morgan fingerprint density at radius 3 is 2.44 bits per heavy atom. The standard InChI is InChI=1S/C32H45N3O6/c1-7-11-21(5)33(18-8-2)31(39)28-32-17-16-25(41-32)26(27(32)30(38)35(28)22(6)20-36)29(37)34(19-9-3)23-12-14-24(15-13-23)40-10-4/h8-9,12-15,21-22,25-28,36H,2-3,7,10-11,16-20H2,1,4-6H3/t21?,22-,25+,26-,27+,28?,32?/m1/s1. The number of carbonyl (C=O) groups is 3. The largest absolute Gasteiger partial charge is 0.494 e. The molecule has 3 fully saturated rings. The molecule has 0 aliphatic carbocycles. The predicted octanol–water partition coefficient (Wildman–Crippen LogP) is 3.56. The van der Waals surface area contributed by atoms with Crippen LogP contribution in [0, 0.1) is 11.8 Å². The third-order valence-corrected chi connectivity index (χ3v) is 8.88. The first-order valence-corrected chi connectivity index (χ1v) is 14.9. The van der Waals surface area contributed by atoms with Crippen molar-refractivity contribution in [1.29, 1.82) is 0 Å². The SMILES string of the molecule is C=CCN(C(=O)[C@@H]1[C@@H]2CCC3(O2)C(C(=O)N(CC=C)C(C)CCC)N([C@H](C)CO)C(=O)[C@H]13)c1ccc(OCC)cc1. The summed E-state index contributed by atoms with van der Waals surface area (Å²) >= 11 is 0. The normalized spacial score (nSPS) is 27.7. The van der Waals surface area contributed by atoms with Gasteiger partial charge in [-0.05, 0) is 64.3 Å². The molecule has 41 heavy (non-hydrogen) atoms. The Labute approximate surface area is 243 Å². The van der Waals surface area contributed by atoms with E-state index in [1.54, 1.807) is 28.9 Å². The zero-order chi connectivity index (χ0) is 29.9. The lowest BCUT2D eigenvalue weighted by Crippen LogP contribution is -2.59. The number of aliphatic hydroxyl groups is 1. The zero-order valence-corrected chi connectivity index (χ0v) is 24.8. The van der Waals surface area contributed by atoms with Gasteiger partial charge in [0.1, 0.15) is 17.4 Å². The number of ether oxygens (including phenoxy) is 2. The van der Waals surface area contributed by atoms with Gasteiger partial charge < -0.3 is 29.3 Å². The molecule has 1 aromatic rings. The monoisotopic (exact) mass is 567 g/mol. The van der Waals surface area contributed by atoms with Crippen molar-refractivity contribution in [3.05, 3.63) is 49.6 Å². The molecule has 4 rings (SSSR count). The van der Waals surface area contributed by atoms with Crippen LogP contribution in [0.4, 0.5) is 5.69 Å². The number of benzene rings is 1. The predicted molar refractivity (Wildman–Crippen MR) is 157 cm³/mol. The summed E-state index contributed by atoms with van der Waals surface area (Å²) in [5.74, 6) is -1.63. The van der Waals surface area contributed by atoms with E-state index in [-0.39, 0.29) is 36.9 Å². The number of carbonyl (C=O) groups excluding carboxylic acids is 3. The van der Waals surface area contributed by atoms with Crippen LogP contribution >= 0.6 is 0 Å². The van der Waals surface area contributed by atoms with Gasteiger partial charge in [0.15, 0.2) is 0 Å². The van der Waals surface area contributed by atoms with Crippen molar-refractivity contribution in [2.24, 2.45) is 11.8 Å². The van der Waals surface area contributed by atoms with Gasteiger partial charge in [-0.3, -0.25) is 14.4 Å². The molecule has 1 aromatic carbocycles. The fourth-order valence-corrected chi connectivity index (χ4v) is 7.09. The number of aliphatic hydroxyl groups excluding tert-OH is 1. The van der Waals surface area contributed by atoms with Crippen molar-refractivity contribution in [1.82, 2.24) is 9.80 Å². The second-order valence-electron chi connectivity index (χ2n) is 11.4. The molecule has 7 atom stereocenters. The molecule has 1 N–H and O–H groups in total. The minimum Gasteiger partial charge on any atom is -0.494 e. The Morgan fingerprint density at radius 2 is 1.85 bits per heavy atom. The Balaban J connectivity index is 1.73. The highest BCUT2D eigenvalue weighted by molar-refractivity contribution is 6.03. The first-order chi connectivity index (χ1) is 19.7. The molecule has 0 radical (unpaired) electrons. The summed E-state index contributed by atoms with van der Waals surface area (Å²) in [5.41, 5.74) is -0.466. The highest BCUT2D eigenvalue weighted by Gasteiger charge is 2.75. The van der Waals surface area contributed by atoms with Crippen molar-refractivity contribution >= 4 is 23.4 Å². The van der Waals surface area contributed by atoms with Gasteiger partial charge in [0, 0.05) is 24.8 Å². The number of fused-ring (bicyclic) bond motifs is 1. The maximum absolute atomic E-state index is 14.4. The van der Waals surface area contributed by atoms with Gasteiger partial charge in [0.2, 0.25) is 17.7 Å². The lowest BCUT2D eigenvalue weighted by Gasteiger charge is -2.40. The van der Waals surface area contributed by atoms with Gasteiger partial charge in [0.05, 0.1) is 37.2 Å². The Kier molecular flexibility index (Phi) is 9.59. The van der Waals surface area contributed by atoms with E-state index in [4.69, 9.17) is 9.47 Å². The van der Waals surface area contributed by atoms with Crippen LogP contribution in [0.3, 0.4) is 0 Å². The van der Waals surface area contributed by atoms with E-state index in [1.165, 1.54) is 4.90 Å². The summed E-state index contributed by atoms with van der Waals surface area (Å²) < 4.78 is 12.2. The molecule has 3 aliphatic heterocycles. The van der Waals surface area contributed by atoms with Gasteiger partial charge in [-0.1, -0.05) is 25.5 Å². The third kappa shape index (κ3) is 5.30. The Morgan fingerprint density at radius 1 is 1.17 bits per heavy atom. The van der Waals surface area contributed by atoms with Crippen LogP contribution in [0.5, 0.6) is 5.75 Å². The van der Waals surface area contributed by atoms with Crippen LogP contribution < -0.4 is 9.64 Å². The molecule has 3 unspecified atom stereocenters. The van der Waals surface area contributed by atoms with Crippen LogP contribution in [0.2, 0.25) is 0 Å². The second-order valence-corrected chi connectivity index (χ2v) is 11.4. The topological polar surface area (TPSA) is 99.6 Å². The second kappa shape index (κ2) is 12.8. The third-order valence-electron chi connectivity index (χ3n) is 8.88. The molecular formula is C32H45N3O6. The van der Waals surface area contributed by atoms with Crippen LogP contribution in [0.25, 0.3) is 0 Å². The van der Waals surface area contributed by atoms with Crippen molar-refractivity contribution in [2.45, 2.75) is 83.2 Å². The Bertz CT molecular complexity index is 1140. The molecule has 9 nitrogen and oxygen atoms in total. The molecular weight excluding hydrogens is 522 g/mol. The summed E-state index contributed by atoms with van der Waals surface area (Å²) in [6, 6.07) is 5.66. The fourth-order valence-electron chi connectivity index (χ4n) is 7.09. The summed E-state index contributed by atoms with van der Waals surface area (Å²) in [4.78, 5) is 47.8. The summed E-state index contributed by atoms with van der Waals surface area (Å²) in [7, 11) is 0. The molecule has 0 aromatic heterocycles. The van der Waals surface area contributed by atoms with E-state index in [2.05, 4.69) is 20.1 Å². The number of nitrogens with zero attached hydrogens (tertiary/aromatic N) is 3. The molecule has 9 heteroatoms. The molecule has 3 saturated heterocycles. The maximum Gasteiger partial charge on any atom is 0.248 e. The van der Waals surface area contributed by atoms with Crippen LogP contribution in [-0.2, 0) is 19.1 Å². The zero-order valence-electron chi connectivity index (χ0n) is 24.8. The summed E-state index contributed by atoms with van der Waals surface area (Å²) in [6.45, 7) is 16.2. The van der Waals surface area contributed by atoms with Gasteiger partial charge >= 0.3 is 0 Å². The number of hydrogen-bond acceptors (Lipinski definition) is 6.